The Morgan fingerprint density at radius 2 is 1.79 bits per heavy atom. The normalized spacial score (nSPS) is 17.3. The van der Waals surface area contributed by atoms with E-state index in [2.05, 4.69) is 16.3 Å². The summed E-state index contributed by atoms with van der Waals surface area (Å²) in [5.41, 5.74) is 2.07. The summed E-state index contributed by atoms with van der Waals surface area (Å²) in [6.45, 7) is 3.22. The van der Waals surface area contributed by atoms with E-state index in [-0.39, 0.29) is 11.8 Å². The Morgan fingerprint density at radius 1 is 1.07 bits per heavy atom. The van der Waals surface area contributed by atoms with Crippen LogP contribution in [-0.2, 0) is 17.1 Å². The Bertz CT molecular complexity index is 813. The van der Waals surface area contributed by atoms with Gasteiger partial charge in [0, 0.05) is 46.2 Å². The predicted molar refractivity (Wildman–Crippen MR) is 125 cm³/mol. The van der Waals surface area contributed by atoms with Crippen LogP contribution in [0.25, 0.3) is 0 Å². The van der Waals surface area contributed by atoms with Crippen LogP contribution in [0.15, 0.2) is 42.5 Å². The fourth-order valence-electron chi connectivity index (χ4n) is 3.52. The first-order chi connectivity index (χ1) is 14.0. The lowest BCUT2D eigenvalue weighted by molar-refractivity contribution is -0.126. The summed E-state index contributed by atoms with van der Waals surface area (Å²) < 4.78 is 0. The molecule has 2 aromatic rings. The molecule has 0 radical (unpaired) electrons. The van der Waals surface area contributed by atoms with Crippen molar-refractivity contribution in [3.63, 3.8) is 0 Å². The van der Waals surface area contributed by atoms with Crippen molar-refractivity contribution < 1.29 is 4.79 Å². The van der Waals surface area contributed by atoms with Crippen molar-refractivity contribution in [3.05, 3.63) is 68.7 Å². The van der Waals surface area contributed by atoms with E-state index >= 15 is 0 Å². The van der Waals surface area contributed by atoms with Crippen molar-refractivity contribution in [1.82, 2.24) is 10.2 Å². The van der Waals surface area contributed by atoms with E-state index in [1.54, 1.807) is 11.8 Å². The predicted octanol–water partition coefficient (Wildman–Crippen LogP) is 5.91. The van der Waals surface area contributed by atoms with Crippen LogP contribution in [0.2, 0.25) is 15.1 Å². The highest BCUT2D eigenvalue weighted by Gasteiger charge is 2.25. The average Bonchev–Trinajstić information content (AvgIpc) is 2.71. The third-order valence-corrected chi connectivity index (χ3v) is 7.14. The van der Waals surface area contributed by atoms with Gasteiger partial charge in [-0.1, -0.05) is 59.1 Å². The molecule has 1 N–H and O–H groups in total. The molecule has 1 fully saturated rings. The molecule has 1 atom stereocenters. The monoisotopic (exact) mass is 470 g/mol. The molecule has 0 aromatic heterocycles. The van der Waals surface area contributed by atoms with Gasteiger partial charge in [-0.3, -0.25) is 9.69 Å². The molecule has 29 heavy (non-hydrogen) atoms. The number of carbonyl (C=O) groups is 1. The van der Waals surface area contributed by atoms with Gasteiger partial charge in [0.1, 0.15) is 0 Å². The lowest BCUT2D eigenvalue weighted by Crippen LogP contribution is -2.43. The Labute approximate surface area is 192 Å². The molecule has 0 aliphatic carbocycles. The number of thioether (sulfide) groups is 1. The number of likely N-dealkylation sites (tertiary alicyclic amines) is 1. The van der Waals surface area contributed by atoms with Gasteiger partial charge in [-0.15, -0.1) is 0 Å². The zero-order chi connectivity index (χ0) is 20.6. The number of carbonyl (C=O) groups excluding carboxylic acids is 1. The quantitative estimate of drug-likeness (QED) is 0.486. The van der Waals surface area contributed by atoms with Crippen LogP contribution in [0, 0.1) is 5.92 Å². The Balaban J connectivity index is 1.39. The second-order valence-corrected chi connectivity index (χ2v) is 9.54. The van der Waals surface area contributed by atoms with E-state index in [1.165, 1.54) is 0 Å². The van der Waals surface area contributed by atoms with Gasteiger partial charge in [0.2, 0.25) is 5.91 Å². The summed E-state index contributed by atoms with van der Waals surface area (Å²) >= 11 is 20.4. The molecular formula is C22H25Cl3N2OS. The number of halogens is 3. The lowest BCUT2D eigenvalue weighted by Gasteiger charge is -2.32. The molecule has 0 spiro atoms. The average molecular weight is 472 g/mol. The van der Waals surface area contributed by atoms with Crippen LogP contribution < -0.4 is 5.32 Å². The van der Waals surface area contributed by atoms with Gasteiger partial charge in [0.05, 0.1) is 5.92 Å². The van der Waals surface area contributed by atoms with Crippen molar-refractivity contribution in [2.24, 2.45) is 5.92 Å². The second kappa shape index (κ2) is 11.5. The Morgan fingerprint density at radius 3 is 2.55 bits per heavy atom. The zero-order valence-corrected chi connectivity index (χ0v) is 19.3. The van der Waals surface area contributed by atoms with Crippen LogP contribution in [-0.4, -0.2) is 36.2 Å². The van der Waals surface area contributed by atoms with Crippen molar-refractivity contribution in [1.29, 1.82) is 0 Å². The zero-order valence-electron chi connectivity index (χ0n) is 16.2. The molecule has 1 saturated heterocycles. The summed E-state index contributed by atoms with van der Waals surface area (Å²) in [6, 6.07) is 13.5. The van der Waals surface area contributed by atoms with Crippen LogP contribution in [0.5, 0.6) is 0 Å². The first-order valence-electron chi connectivity index (χ1n) is 9.78. The van der Waals surface area contributed by atoms with Crippen molar-refractivity contribution in [2.75, 3.05) is 25.4 Å². The van der Waals surface area contributed by atoms with E-state index in [1.807, 2.05) is 36.4 Å². The van der Waals surface area contributed by atoms with E-state index in [9.17, 15) is 4.79 Å². The lowest BCUT2D eigenvalue weighted by atomic mass is 9.96. The van der Waals surface area contributed by atoms with Crippen molar-refractivity contribution in [2.45, 2.75) is 25.1 Å². The maximum absolute atomic E-state index is 12.6. The highest BCUT2D eigenvalue weighted by Crippen LogP contribution is 2.28. The fraction of sp³-hybridized carbons (Fsp3) is 0.409. The number of amides is 1. The standard InChI is InChI=1S/C22H25Cl3N2OS/c23-19-7-2-1-5-16(19)13-27-11-4-6-17(14-27)22(28)26-10-12-29-15-18-20(24)8-3-9-21(18)25/h1-3,5,7-9,17H,4,6,10-15H2,(H,26,28). The number of piperidine rings is 1. The highest BCUT2D eigenvalue weighted by molar-refractivity contribution is 7.98. The maximum atomic E-state index is 12.6. The molecule has 3 nitrogen and oxygen atoms in total. The third-order valence-electron chi connectivity index (χ3n) is 5.08. The van der Waals surface area contributed by atoms with Crippen molar-refractivity contribution >= 4 is 52.5 Å². The summed E-state index contributed by atoms with van der Waals surface area (Å²) in [5, 5.41) is 5.25. The fourth-order valence-corrected chi connectivity index (χ4v) is 5.31. The first kappa shape index (κ1) is 22.8. The number of benzene rings is 2. The van der Waals surface area contributed by atoms with Gasteiger partial charge in [0.15, 0.2) is 0 Å². The van der Waals surface area contributed by atoms with Crippen LogP contribution >= 0.6 is 46.6 Å². The van der Waals surface area contributed by atoms with E-state index < -0.39 is 0 Å². The maximum Gasteiger partial charge on any atom is 0.224 e. The van der Waals surface area contributed by atoms with E-state index in [0.29, 0.717) is 16.6 Å². The molecule has 0 saturated carbocycles. The molecule has 1 aliphatic heterocycles. The third kappa shape index (κ3) is 6.80. The summed E-state index contributed by atoms with van der Waals surface area (Å²) in [6.07, 6.45) is 1.97. The number of nitrogens with zero attached hydrogens (tertiary/aromatic N) is 1. The number of rotatable bonds is 8. The SMILES string of the molecule is O=C(NCCSCc1c(Cl)cccc1Cl)C1CCCN(Cc2ccccc2Cl)C1. The minimum atomic E-state index is 0.0363. The van der Waals surface area contributed by atoms with Gasteiger partial charge in [-0.25, -0.2) is 0 Å². The molecule has 3 rings (SSSR count). The van der Waals surface area contributed by atoms with Crippen LogP contribution in [0.4, 0.5) is 0 Å². The van der Waals surface area contributed by atoms with Gasteiger partial charge in [-0.2, -0.15) is 11.8 Å². The molecular weight excluding hydrogens is 447 g/mol. The molecule has 7 heteroatoms. The van der Waals surface area contributed by atoms with E-state index in [0.717, 1.165) is 60.1 Å². The molecule has 0 bridgehead atoms. The first-order valence-corrected chi connectivity index (χ1v) is 12.1. The largest absolute Gasteiger partial charge is 0.355 e. The van der Waals surface area contributed by atoms with Gasteiger partial charge >= 0.3 is 0 Å². The molecule has 156 valence electrons. The number of nitrogens with one attached hydrogen (secondary N) is 1. The molecule has 1 heterocycles. The minimum absolute atomic E-state index is 0.0363. The smallest absolute Gasteiger partial charge is 0.224 e. The summed E-state index contributed by atoms with van der Waals surface area (Å²) in [7, 11) is 0. The van der Waals surface area contributed by atoms with Crippen LogP contribution in [0.3, 0.4) is 0 Å². The Hall–Kier alpha value is -0.910. The molecule has 1 amide bonds. The number of hydrogen-bond acceptors (Lipinski definition) is 3. The molecule has 1 aliphatic rings. The van der Waals surface area contributed by atoms with Gasteiger partial charge < -0.3 is 5.32 Å². The topological polar surface area (TPSA) is 32.3 Å². The van der Waals surface area contributed by atoms with Gasteiger partial charge in [-0.05, 0) is 48.7 Å². The highest BCUT2D eigenvalue weighted by atomic mass is 35.5. The summed E-state index contributed by atoms with van der Waals surface area (Å²) in [4.78, 5) is 14.9. The van der Waals surface area contributed by atoms with E-state index in [4.69, 9.17) is 34.8 Å². The second-order valence-electron chi connectivity index (χ2n) is 7.21. The Kier molecular flexibility index (Phi) is 9.01. The molecule has 2 aromatic carbocycles. The van der Waals surface area contributed by atoms with Crippen molar-refractivity contribution in [3.8, 4) is 0 Å². The number of hydrogen-bond donors (Lipinski definition) is 1. The van der Waals surface area contributed by atoms with Gasteiger partial charge in [0.25, 0.3) is 0 Å². The van der Waals surface area contributed by atoms with Crippen LogP contribution in [0.1, 0.15) is 24.0 Å². The molecule has 1 unspecified atom stereocenters. The summed E-state index contributed by atoms with van der Waals surface area (Å²) in [5.74, 6) is 1.74. The minimum Gasteiger partial charge on any atom is -0.355 e.